The monoisotopic (exact) mass is 268 g/mol. The first kappa shape index (κ1) is 14.8. The van der Waals surface area contributed by atoms with E-state index in [0.717, 1.165) is 39.0 Å². The fourth-order valence-corrected chi connectivity index (χ4v) is 3.23. The number of morpholine rings is 1. The van der Waals surface area contributed by atoms with Crippen molar-refractivity contribution >= 4 is 5.91 Å². The number of rotatable bonds is 2. The molecule has 0 radical (unpaired) electrons. The summed E-state index contributed by atoms with van der Waals surface area (Å²) in [7, 11) is 0. The number of nitrogens with zero attached hydrogens (tertiary/aromatic N) is 1. The van der Waals surface area contributed by atoms with Crippen LogP contribution in [0.5, 0.6) is 0 Å². The molecule has 0 aromatic rings. The third-order valence-electron chi connectivity index (χ3n) is 4.25. The molecule has 2 rings (SSSR count). The number of piperidine rings is 1. The van der Waals surface area contributed by atoms with Crippen molar-refractivity contribution in [3.05, 3.63) is 0 Å². The number of hydrogen-bond donors (Lipinski definition) is 1. The highest BCUT2D eigenvalue weighted by molar-refractivity contribution is 5.78. The zero-order chi connectivity index (χ0) is 14.1. The molecule has 4 heteroatoms. The van der Waals surface area contributed by atoms with E-state index < -0.39 is 0 Å². The van der Waals surface area contributed by atoms with E-state index >= 15 is 0 Å². The van der Waals surface area contributed by atoms with Gasteiger partial charge in [-0.05, 0) is 44.2 Å². The lowest BCUT2D eigenvalue weighted by Crippen LogP contribution is -2.59. The predicted octanol–water partition coefficient (Wildman–Crippen LogP) is 1.65. The molecule has 1 atom stereocenters. The summed E-state index contributed by atoms with van der Waals surface area (Å²) in [6.45, 7) is 12.7. The van der Waals surface area contributed by atoms with Gasteiger partial charge in [-0.25, -0.2) is 0 Å². The van der Waals surface area contributed by atoms with Crippen LogP contribution in [0.15, 0.2) is 0 Å². The van der Waals surface area contributed by atoms with Crippen LogP contribution < -0.4 is 5.32 Å². The molecule has 19 heavy (non-hydrogen) atoms. The molecule has 0 aromatic carbocycles. The van der Waals surface area contributed by atoms with Gasteiger partial charge in [-0.15, -0.1) is 0 Å². The Morgan fingerprint density at radius 2 is 2.00 bits per heavy atom. The van der Waals surface area contributed by atoms with Crippen molar-refractivity contribution in [2.24, 2.45) is 11.3 Å². The number of carbonyl (C=O) groups excluding carboxylic acids is 1. The molecule has 0 saturated carbocycles. The van der Waals surface area contributed by atoms with Crippen LogP contribution in [0.25, 0.3) is 0 Å². The molecule has 2 aliphatic heterocycles. The number of nitrogens with one attached hydrogen (secondary N) is 1. The first-order chi connectivity index (χ1) is 8.80. The Kier molecular flexibility index (Phi) is 4.21. The second-order valence-corrected chi connectivity index (χ2v) is 7.44. The molecule has 4 nitrogen and oxygen atoms in total. The first-order valence-electron chi connectivity index (χ1n) is 7.43. The van der Waals surface area contributed by atoms with Crippen LogP contribution in [-0.2, 0) is 9.53 Å². The van der Waals surface area contributed by atoms with Crippen LogP contribution in [0.1, 0.15) is 40.5 Å². The van der Waals surface area contributed by atoms with Crippen molar-refractivity contribution in [3.8, 4) is 0 Å². The van der Waals surface area contributed by atoms with E-state index in [4.69, 9.17) is 4.74 Å². The van der Waals surface area contributed by atoms with E-state index in [9.17, 15) is 4.79 Å². The van der Waals surface area contributed by atoms with E-state index in [0.29, 0.717) is 5.92 Å². The van der Waals surface area contributed by atoms with Crippen molar-refractivity contribution in [1.82, 2.24) is 10.2 Å². The highest BCUT2D eigenvalue weighted by Crippen LogP contribution is 2.33. The summed E-state index contributed by atoms with van der Waals surface area (Å²) in [5.74, 6) is 0.700. The maximum atomic E-state index is 12.0. The van der Waals surface area contributed by atoms with Crippen LogP contribution in [0.3, 0.4) is 0 Å². The molecular formula is C15H28N2O2. The summed E-state index contributed by atoms with van der Waals surface area (Å²) in [4.78, 5) is 14.0. The van der Waals surface area contributed by atoms with E-state index in [-0.39, 0.29) is 23.5 Å². The van der Waals surface area contributed by atoms with Gasteiger partial charge in [0.05, 0.1) is 5.60 Å². The molecule has 0 aliphatic carbocycles. The van der Waals surface area contributed by atoms with Gasteiger partial charge in [0.15, 0.2) is 0 Å². The zero-order valence-electron chi connectivity index (χ0n) is 12.8. The lowest BCUT2D eigenvalue weighted by molar-refractivity contribution is -0.173. The molecular weight excluding hydrogens is 240 g/mol. The standard InChI is InChI=1S/C15H28N2O2/c1-14(2,3)10-17-11-15(4,19-9-13(17)18)12-5-7-16-8-6-12/h12,16H,5-11H2,1-4H3. The number of ether oxygens (including phenoxy) is 1. The molecule has 2 fully saturated rings. The van der Waals surface area contributed by atoms with E-state index in [2.05, 4.69) is 33.0 Å². The minimum Gasteiger partial charge on any atom is -0.363 e. The number of hydrogen-bond acceptors (Lipinski definition) is 3. The maximum absolute atomic E-state index is 12.0. The fourth-order valence-electron chi connectivity index (χ4n) is 3.23. The van der Waals surface area contributed by atoms with Gasteiger partial charge in [0.25, 0.3) is 0 Å². The molecule has 110 valence electrons. The third kappa shape index (κ3) is 3.69. The quantitative estimate of drug-likeness (QED) is 0.828. The number of carbonyl (C=O) groups is 1. The SMILES string of the molecule is CC(C)(C)CN1CC(C)(C2CCNCC2)OCC1=O. The van der Waals surface area contributed by atoms with E-state index in [1.165, 1.54) is 0 Å². The molecule has 2 aliphatic rings. The van der Waals surface area contributed by atoms with Gasteiger partial charge in [-0.1, -0.05) is 20.8 Å². The summed E-state index contributed by atoms with van der Waals surface area (Å²) >= 11 is 0. The largest absolute Gasteiger partial charge is 0.363 e. The Balaban J connectivity index is 2.04. The van der Waals surface area contributed by atoms with Crippen molar-refractivity contribution in [3.63, 3.8) is 0 Å². The maximum Gasteiger partial charge on any atom is 0.248 e. The zero-order valence-corrected chi connectivity index (χ0v) is 12.8. The minimum absolute atomic E-state index is 0.140. The van der Waals surface area contributed by atoms with Gasteiger partial charge in [-0.2, -0.15) is 0 Å². The molecule has 1 N–H and O–H groups in total. The van der Waals surface area contributed by atoms with Crippen LogP contribution in [0, 0.1) is 11.3 Å². The van der Waals surface area contributed by atoms with Crippen molar-refractivity contribution in [1.29, 1.82) is 0 Å². The van der Waals surface area contributed by atoms with Crippen LogP contribution in [0.2, 0.25) is 0 Å². The van der Waals surface area contributed by atoms with Gasteiger partial charge < -0.3 is 15.0 Å². The fraction of sp³-hybridized carbons (Fsp3) is 0.933. The molecule has 0 bridgehead atoms. The smallest absolute Gasteiger partial charge is 0.248 e. The lowest BCUT2D eigenvalue weighted by Gasteiger charge is -2.47. The summed E-state index contributed by atoms with van der Waals surface area (Å²) in [6, 6.07) is 0. The van der Waals surface area contributed by atoms with Crippen molar-refractivity contribution in [2.75, 3.05) is 32.8 Å². The summed E-state index contributed by atoms with van der Waals surface area (Å²) in [6.07, 6.45) is 2.29. The second-order valence-electron chi connectivity index (χ2n) is 7.44. The van der Waals surface area contributed by atoms with Gasteiger partial charge in [-0.3, -0.25) is 4.79 Å². The Morgan fingerprint density at radius 3 is 2.58 bits per heavy atom. The average molecular weight is 268 g/mol. The topological polar surface area (TPSA) is 41.6 Å². The molecule has 1 unspecified atom stereocenters. The van der Waals surface area contributed by atoms with Crippen molar-refractivity contribution < 1.29 is 9.53 Å². The van der Waals surface area contributed by atoms with Gasteiger partial charge in [0.1, 0.15) is 6.61 Å². The number of amides is 1. The minimum atomic E-state index is -0.165. The Morgan fingerprint density at radius 1 is 1.37 bits per heavy atom. The second kappa shape index (κ2) is 5.41. The van der Waals surface area contributed by atoms with Gasteiger partial charge in [0, 0.05) is 13.1 Å². The predicted molar refractivity (Wildman–Crippen MR) is 76.0 cm³/mol. The summed E-state index contributed by atoms with van der Waals surface area (Å²) in [5.41, 5.74) is -0.0245. The van der Waals surface area contributed by atoms with E-state index in [1.54, 1.807) is 0 Å². The Bertz CT molecular complexity index is 332. The van der Waals surface area contributed by atoms with Crippen LogP contribution in [-0.4, -0.2) is 49.2 Å². The van der Waals surface area contributed by atoms with E-state index in [1.807, 2.05) is 4.90 Å². The molecule has 2 heterocycles. The molecule has 0 spiro atoms. The van der Waals surface area contributed by atoms with Gasteiger partial charge >= 0.3 is 0 Å². The molecule has 1 amide bonds. The van der Waals surface area contributed by atoms with Crippen LogP contribution in [0.4, 0.5) is 0 Å². The average Bonchev–Trinajstić information content (AvgIpc) is 2.33. The molecule has 2 saturated heterocycles. The third-order valence-corrected chi connectivity index (χ3v) is 4.25. The van der Waals surface area contributed by atoms with Crippen molar-refractivity contribution in [2.45, 2.75) is 46.1 Å². The first-order valence-corrected chi connectivity index (χ1v) is 7.43. The lowest BCUT2D eigenvalue weighted by atomic mass is 9.80. The Labute approximate surface area is 116 Å². The normalized spacial score (nSPS) is 30.7. The highest BCUT2D eigenvalue weighted by atomic mass is 16.5. The summed E-state index contributed by atoms with van der Waals surface area (Å²) < 4.78 is 5.94. The molecule has 0 aromatic heterocycles. The highest BCUT2D eigenvalue weighted by Gasteiger charge is 2.42. The van der Waals surface area contributed by atoms with Gasteiger partial charge in [0.2, 0.25) is 5.91 Å². The summed E-state index contributed by atoms with van der Waals surface area (Å²) in [5, 5.41) is 3.39. The van der Waals surface area contributed by atoms with Crippen LogP contribution >= 0.6 is 0 Å². The Hall–Kier alpha value is -0.610.